The van der Waals surface area contributed by atoms with Crippen molar-refractivity contribution < 1.29 is 19.5 Å². The standard InChI is InChI=1S/C25H38O4/c1-5-6-15(2)17-7-8-18-21-19(10-11-23(17,18)3)24(4)12-9-16(26)13-25(24,22(28)29)14-20(21)27/h15,17-19,21H,5-14H2,1-4H3,(H,28,29)/t15-,17-,18+,19+,21+,23-,24-,25?/m1/s1. The van der Waals surface area contributed by atoms with Crippen LogP contribution in [0.1, 0.15) is 91.9 Å². The third kappa shape index (κ3) is 2.73. The van der Waals surface area contributed by atoms with Gasteiger partial charge in [-0.2, -0.15) is 0 Å². The van der Waals surface area contributed by atoms with Crippen molar-refractivity contribution in [3.63, 3.8) is 0 Å². The third-order valence-electron chi connectivity index (χ3n) is 10.4. The maximum atomic E-state index is 13.6. The molecular weight excluding hydrogens is 364 g/mol. The highest BCUT2D eigenvalue weighted by Gasteiger charge is 2.69. The molecule has 0 amide bonds. The van der Waals surface area contributed by atoms with Gasteiger partial charge in [0, 0.05) is 25.2 Å². The minimum absolute atomic E-state index is 0.00162. The number of hydrogen-bond donors (Lipinski definition) is 1. The molecule has 0 aromatic heterocycles. The Morgan fingerprint density at radius 1 is 1.10 bits per heavy atom. The number of hydrogen-bond acceptors (Lipinski definition) is 3. The maximum Gasteiger partial charge on any atom is 0.311 e. The Morgan fingerprint density at radius 2 is 1.83 bits per heavy atom. The van der Waals surface area contributed by atoms with Crippen molar-refractivity contribution in [2.45, 2.75) is 91.9 Å². The van der Waals surface area contributed by atoms with Crippen LogP contribution in [-0.2, 0) is 14.4 Å². The van der Waals surface area contributed by atoms with Gasteiger partial charge >= 0.3 is 5.97 Å². The zero-order valence-electron chi connectivity index (χ0n) is 18.6. The van der Waals surface area contributed by atoms with E-state index in [0.29, 0.717) is 30.6 Å². The fourth-order valence-corrected chi connectivity index (χ4v) is 8.82. The van der Waals surface area contributed by atoms with Crippen molar-refractivity contribution >= 4 is 17.5 Å². The van der Waals surface area contributed by atoms with Crippen LogP contribution in [0.3, 0.4) is 0 Å². The quantitative estimate of drug-likeness (QED) is 0.694. The molecule has 4 rings (SSSR count). The van der Waals surface area contributed by atoms with Crippen LogP contribution in [0.4, 0.5) is 0 Å². The first kappa shape index (κ1) is 21.1. The van der Waals surface area contributed by atoms with Crippen LogP contribution in [-0.4, -0.2) is 22.6 Å². The second-order valence-electron chi connectivity index (χ2n) is 11.4. The van der Waals surface area contributed by atoms with E-state index in [4.69, 9.17) is 0 Å². The number of carboxylic acid groups (broad SMARTS) is 1. The zero-order valence-corrected chi connectivity index (χ0v) is 18.6. The van der Waals surface area contributed by atoms with E-state index in [0.717, 1.165) is 19.3 Å². The van der Waals surface area contributed by atoms with Gasteiger partial charge in [0.1, 0.15) is 11.6 Å². The third-order valence-corrected chi connectivity index (χ3v) is 10.4. The topological polar surface area (TPSA) is 71.4 Å². The molecule has 0 aromatic rings. The lowest BCUT2D eigenvalue weighted by Crippen LogP contribution is -2.64. The van der Waals surface area contributed by atoms with Gasteiger partial charge in [0.15, 0.2) is 0 Å². The summed E-state index contributed by atoms with van der Waals surface area (Å²) in [6.07, 6.45) is 8.03. The van der Waals surface area contributed by atoms with E-state index in [9.17, 15) is 19.5 Å². The number of aliphatic carboxylic acids is 1. The summed E-state index contributed by atoms with van der Waals surface area (Å²) in [6.45, 7) is 9.17. The number of Topliss-reactive ketones (excluding diaryl/α,β-unsaturated/α-hetero) is 2. The van der Waals surface area contributed by atoms with Gasteiger partial charge in [-0.25, -0.2) is 0 Å². The van der Waals surface area contributed by atoms with Crippen molar-refractivity contribution in [2.75, 3.05) is 0 Å². The van der Waals surface area contributed by atoms with E-state index in [1.54, 1.807) is 0 Å². The molecule has 0 heterocycles. The van der Waals surface area contributed by atoms with Crippen molar-refractivity contribution in [2.24, 2.45) is 45.8 Å². The Balaban J connectivity index is 1.71. The molecular formula is C25H38O4. The molecule has 1 N–H and O–H groups in total. The summed E-state index contributed by atoms with van der Waals surface area (Å²) in [6, 6.07) is 0. The van der Waals surface area contributed by atoms with Gasteiger partial charge in [-0.15, -0.1) is 0 Å². The van der Waals surface area contributed by atoms with Gasteiger partial charge in [0.05, 0.1) is 5.41 Å². The molecule has 0 spiro atoms. The van der Waals surface area contributed by atoms with Crippen LogP contribution >= 0.6 is 0 Å². The first-order valence-electron chi connectivity index (χ1n) is 11.9. The fourth-order valence-electron chi connectivity index (χ4n) is 8.82. The molecule has 4 aliphatic carbocycles. The predicted molar refractivity (Wildman–Crippen MR) is 111 cm³/mol. The summed E-state index contributed by atoms with van der Waals surface area (Å²) in [7, 11) is 0. The molecule has 0 aromatic carbocycles. The number of carboxylic acids is 1. The van der Waals surface area contributed by atoms with E-state index in [1.807, 2.05) is 0 Å². The molecule has 4 saturated carbocycles. The van der Waals surface area contributed by atoms with Crippen molar-refractivity contribution in [1.82, 2.24) is 0 Å². The van der Waals surface area contributed by atoms with Crippen molar-refractivity contribution in [3.05, 3.63) is 0 Å². The highest BCUT2D eigenvalue weighted by Crippen LogP contribution is 2.70. The monoisotopic (exact) mass is 402 g/mol. The molecule has 0 bridgehead atoms. The van der Waals surface area contributed by atoms with Crippen LogP contribution < -0.4 is 0 Å². The van der Waals surface area contributed by atoms with E-state index in [1.165, 1.54) is 19.3 Å². The number of carbonyl (C=O) groups excluding carboxylic acids is 2. The maximum absolute atomic E-state index is 13.6. The Labute approximate surface area is 175 Å². The minimum Gasteiger partial charge on any atom is -0.481 e. The van der Waals surface area contributed by atoms with Crippen molar-refractivity contribution in [1.29, 1.82) is 0 Å². The Morgan fingerprint density at radius 3 is 2.48 bits per heavy atom. The second kappa shape index (κ2) is 6.92. The number of rotatable bonds is 4. The number of carbonyl (C=O) groups is 3. The molecule has 8 atom stereocenters. The first-order chi connectivity index (χ1) is 13.6. The van der Waals surface area contributed by atoms with Gasteiger partial charge in [0.2, 0.25) is 0 Å². The van der Waals surface area contributed by atoms with Gasteiger partial charge in [-0.1, -0.05) is 40.5 Å². The average molecular weight is 403 g/mol. The van der Waals surface area contributed by atoms with Crippen LogP contribution in [0.2, 0.25) is 0 Å². The summed E-state index contributed by atoms with van der Waals surface area (Å²) >= 11 is 0. The molecule has 29 heavy (non-hydrogen) atoms. The smallest absolute Gasteiger partial charge is 0.311 e. The Hall–Kier alpha value is -1.19. The van der Waals surface area contributed by atoms with Gasteiger partial charge in [-0.3, -0.25) is 14.4 Å². The molecule has 1 unspecified atom stereocenters. The van der Waals surface area contributed by atoms with Crippen LogP contribution in [0, 0.1) is 45.8 Å². The van der Waals surface area contributed by atoms with Crippen molar-refractivity contribution in [3.8, 4) is 0 Å². The van der Waals surface area contributed by atoms with Crippen LogP contribution in [0.5, 0.6) is 0 Å². The minimum atomic E-state index is -1.18. The molecule has 4 aliphatic rings. The van der Waals surface area contributed by atoms with E-state index in [-0.39, 0.29) is 41.7 Å². The second-order valence-corrected chi connectivity index (χ2v) is 11.4. The summed E-state index contributed by atoms with van der Waals surface area (Å²) < 4.78 is 0. The Bertz CT molecular complexity index is 728. The highest BCUT2D eigenvalue weighted by atomic mass is 16.4. The molecule has 162 valence electrons. The average Bonchev–Trinajstić information content (AvgIpc) is 3.00. The summed E-state index contributed by atoms with van der Waals surface area (Å²) in [5, 5.41) is 10.2. The molecule has 0 aliphatic heterocycles. The Kier molecular flexibility index (Phi) is 5.02. The number of fused-ring (bicyclic) bond motifs is 5. The molecule has 4 fully saturated rings. The van der Waals surface area contributed by atoms with Gasteiger partial charge < -0.3 is 5.11 Å². The van der Waals surface area contributed by atoms with E-state index >= 15 is 0 Å². The van der Waals surface area contributed by atoms with Crippen LogP contribution in [0.15, 0.2) is 0 Å². The van der Waals surface area contributed by atoms with E-state index in [2.05, 4.69) is 27.7 Å². The van der Waals surface area contributed by atoms with Gasteiger partial charge in [-0.05, 0) is 66.6 Å². The summed E-state index contributed by atoms with van der Waals surface area (Å²) in [5.74, 6) is 1.10. The first-order valence-corrected chi connectivity index (χ1v) is 11.9. The summed E-state index contributed by atoms with van der Waals surface area (Å²) in [4.78, 5) is 38.3. The zero-order chi connectivity index (χ0) is 21.2. The lowest BCUT2D eigenvalue weighted by atomic mass is 9.39. The lowest BCUT2D eigenvalue weighted by Gasteiger charge is -2.62. The lowest BCUT2D eigenvalue weighted by molar-refractivity contribution is -0.195. The van der Waals surface area contributed by atoms with Gasteiger partial charge in [0.25, 0.3) is 0 Å². The molecule has 0 radical (unpaired) electrons. The highest BCUT2D eigenvalue weighted by molar-refractivity contribution is 5.95. The number of ketones is 2. The molecule has 0 saturated heterocycles. The summed E-state index contributed by atoms with van der Waals surface area (Å²) in [5.41, 5.74) is -1.42. The molecule has 4 heteroatoms. The molecule has 4 nitrogen and oxygen atoms in total. The predicted octanol–water partition coefficient (Wildman–Crippen LogP) is 5.28. The normalized spacial score (nSPS) is 47.9. The fraction of sp³-hybridized carbons (Fsp3) is 0.880. The largest absolute Gasteiger partial charge is 0.481 e. The van der Waals surface area contributed by atoms with E-state index < -0.39 is 16.8 Å². The SMILES string of the molecule is CCC[C@@H](C)[C@H]1CC[C@H]2[C@@H]3C(=O)CC4(C(=O)O)CC(=O)CC[C@]4(C)[C@H]3CC[C@]12C. The van der Waals surface area contributed by atoms with Crippen LogP contribution in [0.25, 0.3) is 0 Å².